The third-order valence-corrected chi connectivity index (χ3v) is 7.88. The smallest absolute Gasteiger partial charge is 0.205 e. The van der Waals surface area contributed by atoms with E-state index in [4.69, 9.17) is 0 Å². The second-order valence-electron chi connectivity index (χ2n) is 11.2. The maximum absolute atomic E-state index is 2.32. The molecule has 0 saturated carbocycles. The standard InChI is InChI=1S/C36H54N2/c1-3-5-7-9-11-12-13-14-15-17-19-33-20-22-36(23-21-33)38-31-26-35(27-32-38)34-24-29-37(30-25-34)28-18-16-10-8-6-4-2/h20-27,29-32H,3-19,28H2,1-2H3/q+2. The number of hydrogen-bond acceptors (Lipinski definition) is 0. The molecule has 2 heteroatoms. The van der Waals surface area contributed by atoms with Crippen LogP contribution in [0, 0.1) is 0 Å². The largest absolute Gasteiger partial charge is 0.210 e. The Labute approximate surface area is 234 Å². The van der Waals surface area contributed by atoms with Gasteiger partial charge in [0.2, 0.25) is 5.69 Å². The number of nitrogens with zero attached hydrogens (tertiary/aromatic N) is 2. The van der Waals surface area contributed by atoms with E-state index < -0.39 is 0 Å². The third kappa shape index (κ3) is 11.5. The zero-order valence-electron chi connectivity index (χ0n) is 24.6. The van der Waals surface area contributed by atoms with Crippen LogP contribution in [0.3, 0.4) is 0 Å². The van der Waals surface area contributed by atoms with Crippen molar-refractivity contribution < 1.29 is 9.13 Å². The van der Waals surface area contributed by atoms with Gasteiger partial charge in [0, 0.05) is 42.8 Å². The molecule has 0 aliphatic rings. The van der Waals surface area contributed by atoms with Crippen LogP contribution < -0.4 is 9.13 Å². The van der Waals surface area contributed by atoms with E-state index in [2.05, 4.69) is 96.3 Å². The first kappa shape index (κ1) is 30.1. The van der Waals surface area contributed by atoms with Crippen molar-refractivity contribution in [2.75, 3.05) is 0 Å². The average molecular weight is 515 g/mol. The van der Waals surface area contributed by atoms with Gasteiger partial charge in [-0.2, -0.15) is 4.57 Å². The maximum Gasteiger partial charge on any atom is 0.210 e. The minimum Gasteiger partial charge on any atom is -0.205 e. The van der Waals surface area contributed by atoms with Gasteiger partial charge < -0.3 is 0 Å². The first-order valence-electron chi connectivity index (χ1n) is 15.9. The molecule has 0 amide bonds. The first-order chi connectivity index (χ1) is 18.8. The molecule has 3 rings (SSSR count). The fourth-order valence-electron chi connectivity index (χ4n) is 5.32. The lowest BCUT2D eigenvalue weighted by molar-refractivity contribution is -0.697. The molecule has 2 heterocycles. The van der Waals surface area contributed by atoms with E-state index in [1.165, 1.54) is 132 Å². The van der Waals surface area contributed by atoms with E-state index in [0.29, 0.717) is 0 Å². The summed E-state index contributed by atoms with van der Waals surface area (Å²) in [7, 11) is 0. The molecule has 0 aliphatic carbocycles. The molecule has 0 saturated heterocycles. The van der Waals surface area contributed by atoms with Crippen LogP contribution in [-0.2, 0) is 13.0 Å². The van der Waals surface area contributed by atoms with Gasteiger partial charge in [-0.15, -0.1) is 0 Å². The van der Waals surface area contributed by atoms with Crippen molar-refractivity contribution in [2.24, 2.45) is 0 Å². The van der Waals surface area contributed by atoms with E-state index in [1.54, 1.807) is 0 Å². The van der Waals surface area contributed by atoms with Gasteiger partial charge in [-0.25, -0.2) is 4.57 Å². The van der Waals surface area contributed by atoms with E-state index >= 15 is 0 Å². The molecule has 0 radical (unpaired) electrons. The van der Waals surface area contributed by atoms with Gasteiger partial charge in [-0.05, 0) is 36.0 Å². The van der Waals surface area contributed by atoms with Gasteiger partial charge in [-0.3, -0.25) is 0 Å². The Morgan fingerprint density at radius 2 is 0.895 bits per heavy atom. The molecule has 38 heavy (non-hydrogen) atoms. The number of aryl methyl sites for hydroxylation is 2. The number of benzene rings is 1. The maximum atomic E-state index is 2.32. The van der Waals surface area contributed by atoms with Crippen molar-refractivity contribution in [1.82, 2.24) is 0 Å². The molecule has 2 aromatic heterocycles. The van der Waals surface area contributed by atoms with Crippen molar-refractivity contribution in [1.29, 1.82) is 0 Å². The van der Waals surface area contributed by atoms with Crippen molar-refractivity contribution in [3.63, 3.8) is 0 Å². The van der Waals surface area contributed by atoms with Crippen molar-refractivity contribution in [2.45, 2.75) is 130 Å². The van der Waals surface area contributed by atoms with Crippen LogP contribution >= 0.6 is 0 Å². The van der Waals surface area contributed by atoms with Gasteiger partial charge in [0.05, 0.1) is 0 Å². The molecule has 206 valence electrons. The minimum atomic E-state index is 1.12. The monoisotopic (exact) mass is 514 g/mol. The summed E-state index contributed by atoms with van der Waals surface area (Å²) in [5.74, 6) is 0. The summed E-state index contributed by atoms with van der Waals surface area (Å²) >= 11 is 0. The molecular weight excluding hydrogens is 460 g/mol. The van der Waals surface area contributed by atoms with Crippen molar-refractivity contribution in [3.05, 3.63) is 78.9 Å². The zero-order chi connectivity index (χ0) is 26.7. The molecule has 0 fully saturated rings. The fraction of sp³-hybridized carbons (Fsp3) is 0.556. The van der Waals surface area contributed by atoms with Crippen LogP contribution in [0.25, 0.3) is 16.8 Å². The Morgan fingerprint density at radius 3 is 1.42 bits per heavy atom. The molecule has 0 aliphatic heterocycles. The summed E-state index contributed by atoms with van der Waals surface area (Å²) in [5.41, 5.74) is 5.24. The van der Waals surface area contributed by atoms with Gasteiger partial charge in [0.1, 0.15) is 6.54 Å². The average Bonchev–Trinajstić information content (AvgIpc) is 2.97. The molecular formula is C36H54N2+2. The molecule has 3 aromatic rings. The Hall–Kier alpha value is -2.48. The van der Waals surface area contributed by atoms with Crippen LogP contribution in [-0.4, -0.2) is 0 Å². The normalized spacial score (nSPS) is 11.2. The third-order valence-electron chi connectivity index (χ3n) is 7.88. The molecule has 0 spiro atoms. The van der Waals surface area contributed by atoms with Crippen molar-refractivity contribution >= 4 is 0 Å². The molecule has 0 unspecified atom stereocenters. The molecule has 1 aromatic carbocycles. The van der Waals surface area contributed by atoms with Crippen LogP contribution in [0.4, 0.5) is 0 Å². The topological polar surface area (TPSA) is 7.76 Å². The predicted octanol–water partition coefficient (Wildman–Crippen LogP) is 9.74. The van der Waals surface area contributed by atoms with E-state index in [0.717, 1.165) is 6.54 Å². The lowest BCUT2D eigenvalue weighted by Gasteiger charge is -2.04. The first-order valence-corrected chi connectivity index (χ1v) is 15.9. The summed E-state index contributed by atoms with van der Waals surface area (Å²) in [5, 5.41) is 0. The van der Waals surface area contributed by atoms with E-state index in [9.17, 15) is 0 Å². The number of hydrogen-bond donors (Lipinski definition) is 0. The summed E-state index contributed by atoms with van der Waals surface area (Å²) in [6.45, 7) is 5.69. The quantitative estimate of drug-likeness (QED) is 0.105. The highest BCUT2D eigenvalue weighted by Crippen LogP contribution is 2.17. The van der Waals surface area contributed by atoms with Gasteiger partial charge in [0.25, 0.3) is 0 Å². The number of pyridine rings is 2. The summed E-state index contributed by atoms with van der Waals surface area (Å²) in [6.07, 6.45) is 32.1. The second-order valence-corrected chi connectivity index (χ2v) is 11.2. The highest BCUT2D eigenvalue weighted by molar-refractivity contribution is 5.61. The number of unbranched alkanes of at least 4 members (excludes halogenated alkanes) is 14. The van der Waals surface area contributed by atoms with Gasteiger partial charge >= 0.3 is 0 Å². The Balaban J connectivity index is 1.36. The number of aromatic nitrogens is 2. The summed E-state index contributed by atoms with van der Waals surface area (Å²) in [6, 6.07) is 18.1. The minimum absolute atomic E-state index is 1.12. The Morgan fingerprint density at radius 1 is 0.447 bits per heavy atom. The highest BCUT2D eigenvalue weighted by Gasteiger charge is 2.08. The molecule has 2 nitrogen and oxygen atoms in total. The van der Waals surface area contributed by atoms with Crippen LogP contribution in [0.2, 0.25) is 0 Å². The van der Waals surface area contributed by atoms with Crippen LogP contribution in [0.15, 0.2) is 73.3 Å². The lowest BCUT2D eigenvalue weighted by atomic mass is 10.0. The number of rotatable bonds is 20. The lowest BCUT2D eigenvalue weighted by Crippen LogP contribution is -2.32. The van der Waals surface area contributed by atoms with Crippen LogP contribution in [0.5, 0.6) is 0 Å². The van der Waals surface area contributed by atoms with Gasteiger partial charge in [0.15, 0.2) is 24.8 Å². The van der Waals surface area contributed by atoms with Crippen LogP contribution in [0.1, 0.15) is 122 Å². The zero-order valence-corrected chi connectivity index (χ0v) is 24.6. The highest BCUT2D eigenvalue weighted by atomic mass is 14.9. The molecule has 0 bridgehead atoms. The summed E-state index contributed by atoms with van der Waals surface area (Å²) < 4.78 is 4.54. The Kier molecular flexibility index (Phi) is 14.8. The summed E-state index contributed by atoms with van der Waals surface area (Å²) in [4.78, 5) is 0. The van der Waals surface area contributed by atoms with E-state index in [1.807, 2.05) is 0 Å². The second kappa shape index (κ2) is 18.7. The predicted molar refractivity (Wildman–Crippen MR) is 163 cm³/mol. The van der Waals surface area contributed by atoms with Gasteiger partial charge in [-0.1, -0.05) is 109 Å². The fourth-order valence-corrected chi connectivity index (χ4v) is 5.32. The molecule has 0 atom stereocenters. The SMILES string of the molecule is CCCCCCCCCCCCc1ccc(-[n+]2ccc(-c3cc[n+](CCCCCCCC)cc3)cc2)cc1. The van der Waals surface area contributed by atoms with Crippen molar-refractivity contribution in [3.8, 4) is 16.8 Å². The molecule has 0 N–H and O–H groups in total. The van der Waals surface area contributed by atoms with E-state index in [-0.39, 0.29) is 0 Å². The Bertz CT molecular complexity index is 973.